The highest BCUT2D eigenvalue weighted by Gasteiger charge is 2.28. The lowest BCUT2D eigenvalue weighted by Crippen LogP contribution is -2.26. The Morgan fingerprint density at radius 3 is 2.54 bits per heavy atom. The van der Waals surface area contributed by atoms with Gasteiger partial charge in [-0.1, -0.05) is 18.2 Å². The number of rotatable bonds is 7. The molecular weight excluding hydrogens is 366 g/mol. The lowest BCUT2D eigenvalue weighted by molar-refractivity contribution is -0.0493. The van der Waals surface area contributed by atoms with Gasteiger partial charge in [0, 0.05) is 11.6 Å². The van der Waals surface area contributed by atoms with Crippen molar-refractivity contribution in [1.82, 2.24) is 4.72 Å². The molecule has 1 aliphatic carbocycles. The van der Waals surface area contributed by atoms with Crippen LogP contribution in [0.4, 0.5) is 14.5 Å². The van der Waals surface area contributed by atoms with E-state index in [1.807, 2.05) is 0 Å². The molecule has 2 N–H and O–H groups in total. The molecule has 2 aromatic rings. The lowest BCUT2D eigenvalue weighted by atomic mass is 10.2. The number of halogens is 2. The molecule has 3 rings (SSSR count). The monoisotopic (exact) mass is 382 g/mol. The molecule has 0 aromatic heterocycles. The number of carbonyl (C=O) groups excluding carboxylic acids is 1. The second-order valence-corrected chi connectivity index (χ2v) is 7.47. The predicted molar refractivity (Wildman–Crippen MR) is 90.8 cm³/mol. The van der Waals surface area contributed by atoms with Crippen LogP contribution in [0.1, 0.15) is 23.2 Å². The van der Waals surface area contributed by atoms with Crippen molar-refractivity contribution >= 4 is 21.6 Å². The van der Waals surface area contributed by atoms with Gasteiger partial charge in [0.25, 0.3) is 5.91 Å². The number of benzene rings is 2. The zero-order valence-electron chi connectivity index (χ0n) is 13.5. The SMILES string of the molecule is O=C(Nc1ccccc1OC(F)F)c1cccc(S(=O)(=O)NC2CC2)c1. The van der Waals surface area contributed by atoms with Gasteiger partial charge in [-0.2, -0.15) is 8.78 Å². The Hall–Kier alpha value is -2.52. The standard InChI is InChI=1S/C17H16F2N2O4S/c18-17(19)25-15-7-2-1-6-14(15)20-16(22)11-4-3-5-13(10-11)26(23,24)21-12-8-9-12/h1-7,10,12,17,21H,8-9H2,(H,20,22). The zero-order chi connectivity index (χ0) is 18.7. The Balaban J connectivity index is 1.80. The van der Waals surface area contributed by atoms with E-state index in [2.05, 4.69) is 14.8 Å². The predicted octanol–water partition coefficient (Wildman–Crippen LogP) is 2.98. The van der Waals surface area contributed by atoms with E-state index in [1.165, 1.54) is 42.5 Å². The Morgan fingerprint density at radius 2 is 1.85 bits per heavy atom. The number of para-hydroxylation sites is 2. The van der Waals surface area contributed by atoms with Crippen LogP contribution in [0.25, 0.3) is 0 Å². The second-order valence-electron chi connectivity index (χ2n) is 5.75. The van der Waals surface area contributed by atoms with Gasteiger partial charge in [0.15, 0.2) is 0 Å². The first-order chi connectivity index (χ1) is 12.3. The zero-order valence-corrected chi connectivity index (χ0v) is 14.3. The van der Waals surface area contributed by atoms with Gasteiger partial charge in [-0.25, -0.2) is 13.1 Å². The average Bonchev–Trinajstić information content (AvgIpc) is 3.39. The fourth-order valence-electron chi connectivity index (χ4n) is 2.26. The molecule has 138 valence electrons. The molecule has 0 radical (unpaired) electrons. The third-order valence-corrected chi connectivity index (χ3v) is 5.18. The Kier molecular flexibility index (Phi) is 5.19. The van der Waals surface area contributed by atoms with E-state index in [0.29, 0.717) is 0 Å². The van der Waals surface area contributed by atoms with Crippen molar-refractivity contribution in [3.05, 3.63) is 54.1 Å². The van der Waals surface area contributed by atoms with Gasteiger partial charge in [-0.05, 0) is 43.2 Å². The lowest BCUT2D eigenvalue weighted by Gasteiger charge is -2.12. The minimum absolute atomic E-state index is 0.0332. The molecule has 1 aliphatic rings. The number of alkyl halides is 2. The molecule has 26 heavy (non-hydrogen) atoms. The van der Waals surface area contributed by atoms with E-state index in [4.69, 9.17) is 0 Å². The number of carbonyl (C=O) groups is 1. The van der Waals surface area contributed by atoms with Crippen LogP contribution in [0, 0.1) is 0 Å². The molecule has 0 aliphatic heterocycles. The maximum Gasteiger partial charge on any atom is 0.387 e. The van der Waals surface area contributed by atoms with Crippen LogP contribution < -0.4 is 14.8 Å². The van der Waals surface area contributed by atoms with Crippen LogP contribution in [0.5, 0.6) is 5.75 Å². The molecule has 0 unspecified atom stereocenters. The Bertz CT molecular complexity index is 914. The number of amides is 1. The highest BCUT2D eigenvalue weighted by atomic mass is 32.2. The number of sulfonamides is 1. The summed E-state index contributed by atoms with van der Waals surface area (Å²) in [6, 6.07) is 11.2. The second kappa shape index (κ2) is 7.38. The normalized spacial score (nSPS) is 14.3. The van der Waals surface area contributed by atoms with Gasteiger partial charge < -0.3 is 10.1 Å². The van der Waals surface area contributed by atoms with Crippen LogP contribution in [0.3, 0.4) is 0 Å². The van der Waals surface area contributed by atoms with E-state index in [1.54, 1.807) is 6.07 Å². The molecule has 6 nitrogen and oxygen atoms in total. The number of hydrogen-bond donors (Lipinski definition) is 2. The van der Waals surface area contributed by atoms with Crippen LogP contribution in [0.15, 0.2) is 53.4 Å². The van der Waals surface area contributed by atoms with Crippen molar-refractivity contribution in [3.63, 3.8) is 0 Å². The van der Waals surface area contributed by atoms with E-state index < -0.39 is 22.5 Å². The topological polar surface area (TPSA) is 84.5 Å². The smallest absolute Gasteiger partial charge is 0.387 e. The van der Waals surface area contributed by atoms with Gasteiger partial charge >= 0.3 is 6.61 Å². The summed E-state index contributed by atoms with van der Waals surface area (Å²) in [6.07, 6.45) is 1.58. The molecule has 0 bridgehead atoms. The van der Waals surface area contributed by atoms with E-state index >= 15 is 0 Å². The summed E-state index contributed by atoms with van der Waals surface area (Å²) in [5, 5.41) is 2.45. The highest BCUT2D eigenvalue weighted by Crippen LogP contribution is 2.26. The molecule has 1 fully saturated rings. The fourth-order valence-corrected chi connectivity index (χ4v) is 3.61. The molecule has 0 atom stereocenters. The summed E-state index contributed by atoms with van der Waals surface area (Å²) < 4.78 is 56.3. The van der Waals surface area contributed by atoms with Gasteiger partial charge in [0.2, 0.25) is 10.0 Å². The molecular formula is C17H16F2N2O4S. The molecule has 0 saturated heterocycles. The number of nitrogens with one attached hydrogen (secondary N) is 2. The Morgan fingerprint density at radius 1 is 1.12 bits per heavy atom. The summed E-state index contributed by atoms with van der Waals surface area (Å²) in [5.74, 6) is -0.825. The number of anilines is 1. The van der Waals surface area contributed by atoms with Crippen LogP contribution in [-0.4, -0.2) is 27.0 Å². The van der Waals surface area contributed by atoms with Crippen molar-refractivity contribution in [2.75, 3.05) is 5.32 Å². The van der Waals surface area contributed by atoms with Crippen LogP contribution in [-0.2, 0) is 10.0 Å². The summed E-state index contributed by atoms with van der Waals surface area (Å²) in [5.41, 5.74) is 0.137. The van der Waals surface area contributed by atoms with Crippen molar-refractivity contribution in [3.8, 4) is 5.75 Å². The molecule has 0 spiro atoms. The highest BCUT2D eigenvalue weighted by molar-refractivity contribution is 7.89. The van der Waals surface area contributed by atoms with Crippen molar-refractivity contribution in [2.45, 2.75) is 30.4 Å². The first-order valence-electron chi connectivity index (χ1n) is 7.83. The van der Waals surface area contributed by atoms with E-state index in [-0.39, 0.29) is 27.9 Å². The van der Waals surface area contributed by atoms with Crippen molar-refractivity contribution in [1.29, 1.82) is 0 Å². The minimum Gasteiger partial charge on any atom is -0.433 e. The van der Waals surface area contributed by atoms with Gasteiger partial charge in [-0.15, -0.1) is 0 Å². The maximum absolute atomic E-state index is 12.4. The molecule has 1 saturated carbocycles. The maximum atomic E-state index is 12.4. The van der Waals surface area contributed by atoms with Gasteiger partial charge in [0.1, 0.15) is 5.75 Å². The largest absolute Gasteiger partial charge is 0.433 e. The fraction of sp³-hybridized carbons (Fsp3) is 0.235. The number of hydrogen-bond acceptors (Lipinski definition) is 4. The van der Waals surface area contributed by atoms with Gasteiger partial charge in [-0.3, -0.25) is 4.79 Å². The summed E-state index contributed by atoms with van der Waals surface area (Å²) in [6.45, 7) is -3.03. The molecule has 1 amide bonds. The molecule has 9 heteroatoms. The van der Waals surface area contributed by atoms with Gasteiger partial charge in [0.05, 0.1) is 10.6 Å². The van der Waals surface area contributed by atoms with E-state index in [0.717, 1.165) is 12.8 Å². The van der Waals surface area contributed by atoms with Crippen molar-refractivity contribution in [2.24, 2.45) is 0 Å². The third kappa shape index (κ3) is 4.55. The van der Waals surface area contributed by atoms with Crippen molar-refractivity contribution < 1.29 is 26.7 Å². The van der Waals surface area contributed by atoms with Crippen LogP contribution in [0.2, 0.25) is 0 Å². The first kappa shape index (κ1) is 18.3. The summed E-state index contributed by atoms with van der Waals surface area (Å²) in [7, 11) is -3.70. The third-order valence-electron chi connectivity index (χ3n) is 3.66. The quantitative estimate of drug-likeness (QED) is 0.771. The molecule has 2 aromatic carbocycles. The molecule has 0 heterocycles. The summed E-state index contributed by atoms with van der Waals surface area (Å²) in [4.78, 5) is 12.4. The van der Waals surface area contributed by atoms with Crippen LogP contribution >= 0.6 is 0 Å². The minimum atomic E-state index is -3.70. The first-order valence-corrected chi connectivity index (χ1v) is 9.31. The van der Waals surface area contributed by atoms with E-state index in [9.17, 15) is 22.0 Å². The summed E-state index contributed by atoms with van der Waals surface area (Å²) >= 11 is 0. The average molecular weight is 382 g/mol. The number of ether oxygens (including phenoxy) is 1. The Labute approximate surface area is 149 Å².